The maximum Gasteiger partial charge on any atom is 0.265 e. The van der Waals surface area contributed by atoms with Gasteiger partial charge in [0, 0.05) is 5.56 Å². The van der Waals surface area contributed by atoms with E-state index < -0.39 is 0 Å². The monoisotopic (exact) mass is 192 g/mol. The molecule has 1 aromatic rings. The number of carbonyl (C=O) groups is 1. The van der Waals surface area contributed by atoms with Gasteiger partial charge in [0.2, 0.25) is 0 Å². The number of nitrogens with two attached hydrogens (primary N) is 1. The molecule has 4 heteroatoms. The van der Waals surface area contributed by atoms with Crippen molar-refractivity contribution in [3.8, 4) is 5.75 Å². The predicted octanol–water partition coefficient (Wildman–Crippen LogP) is 0.615. The van der Waals surface area contributed by atoms with E-state index in [1.807, 2.05) is 6.07 Å². The lowest BCUT2D eigenvalue weighted by Gasteiger charge is -2.17. The molecule has 0 saturated heterocycles. The Hall–Kier alpha value is -1.55. The summed E-state index contributed by atoms with van der Waals surface area (Å²) in [6.07, 6.45) is 2.05. The van der Waals surface area contributed by atoms with E-state index in [1.54, 1.807) is 12.1 Å². The van der Waals surface area contributed by atoms with Crippen molar-refractivity contribution in [2.45, 2.75) is 12.8 Å². The topological polar surface area (TPSA) is 64.3 Å². The zero-order chi connectivity index (χ0) is 9.97. The molecule has 1 aliphatic rings. The molecule has 1 heterocycles. The molecule has 0 atom stereocenters. The Morgan fingerprint density at radius 3 is 3.14 bits per heavy atom. The Morgan fingerprint density at radius 2 is 2.36 bits per heavy atom. The van der Waals surface area contributed by atoms with Gasteiger partial charge in [-0.05, 0) is 30.5 Å². The molecular weight excluding hydrogens is 180 g/mol. The molecule has 0 fully saturated rings. The molecule has 0 aliphatic carbocycles. The van der Waals surface area contributed by atoms with Gasteiger partial charge in [-0.2, -0.15) is 0 Å². The second kappa shape index (κ2) is 3.67. The molecule has 1 aromatic carbocycles. The van der Waals surface area contributed by atoms with Crippen LogP contribution in [0.15, 0.2) is 18.2 Å². The first kappa shape index (κ1) is 9.02. The minimum Gasteiger partial charge on any atom is -0.493 e. The first-order chi connectivity index (χ1) is 6.81. The Kier molecular flexibility index (Phi) is 2.37. The van der Waals surface area contributed by atoms with Crippen LogP contribution in [0.5, 0.6) is 5.75 Å². The van der Waals surface area contributed by atoms with Gasteiger partial charge in [-0.3, -0.25) is 10.2 Å². The number of hydrogen-bond donors (Lipinski definition) is 2. The molecule has 14 heavy (non-hydrogen) atoms. The van der Waals surface area contributed by atoms with E-state index in [9.17, 15) is 4.79 Å². The summed E-state index contributed by atoms with van der Waals surface area (Å²) < 4.78 is 5.44. The number of carbonyl (C=O) groups excluding carboxylic acids is 1. The maximum absolute atomic E-state index is 11.2. The number of fused-ring (bicyclic) bond motifs is 1. The van der Waals surface area contributed by atoms with Crippen LogP contribution in [0.4, 0.5) is 0 Å². The van der Waals surface area contributed by atoms with E-state index in [0.29, 0.717) is 5.56 Å². The Labute approximate surface area is 82.0 Å². The lowest BCUT2D eigenvalue weighted by atomic mass is 10.0. The van der Waals surface area contributed by atoms with Crippen LogP contribution in [0.25, 0.3) is 0 Å². The number of benzene rings is 1. The molecule has 3 N–H and O–H groups in total. The minimum atomic E-state index is -0.290. The molecule has 0 unspecified atom stereocenters. The van der Waals surface area contributed by atoms with Gasteiger partial charge in [0.05, 0.1) is 6.61 Å². The highest BCUT2D eigenvalue weighted by atomic mass is 16.5. The first-order valence-corrected chi connectivity index (χ1v) is 4.58. The van der Waals surface area contributed by atoms with Gasteiger partial charge < -0.3 is 4.74 Å². The molecule has 0 saturated carbocycles. The lowest BCUT2D eigenvalue weighted by molar-refractivity contribution is 0.0953. The fourth-order valence-corrected chi connectivity index (χ4v) is 1.56. The van der Waals surface area contributed by atoms with Crippen molar-refractivity contribution in [2.24, 2.45) is 5.84 Å². The quantitative estimate of drug-likeness (QED) is 0.389. The average Bonchev–Trinajstić information content (AvgIpc) is 2.27. The Bertz CT molecular complexity index is 363. The molecule has 0 bridgehead atoms. The summed E-state index contributed by atoms with van der Waals surface area (Å²) in [5.41, 5.74) is 3.79. The van der Waals surface area contributed by atoms with Crippen molar-refractivity contribution >= 4 is 5.91 Å². The largest absolute Gasteiger partial charge is 0.493 e. The highest BCUT2D eigenvalue weighted by Gasteiger charge is 2.12. The second-order valence-electron chi connectivity index (χ2n) is 3.25. The van der Waals surface area contributed by atoms with Crippen LogP contribution in [0.1, 0.15) is 22.3 Å². The number of hydrazine groups is 1. The van der Waals surface area contributed by atoms with Crippen molar-refractivity contribution < 1.29 is 9.53 Å². The zero-order valence-corrected chi connectivity index (χ0v) is 7.75. The molecule has 0 aromatic heterocycles. The molecule has 4 nitrogen and oxygen atoms in total. The number of rotatable bonds is 1. The number of hydrogen-bond acceptors (Lipinski definition) is 3. The van der Waals surface area contributed by atoms with E-state index in [1.165, 1.54) is 0 Å². The summed E-state index contributed by atoms with van der Waals surface area (Å²) in [6, 6.07) is 5.41. The maximum atomic E-state index is 11.2. The van der Waals surface area contributed by atoms with Gasteiger partial charge in [0.25, 0.3) is 5.91 Å². The third-order valence-electron chi connectivity index (χ3n) is 2.31. The highest BCUT2D eigenvalue weighted by molar-refractivity contribution is 5.94. The molecule has 0 radical (unpaired) electrons. The summed E-state index contributed by atoms with van der Waals surface area (Å²) in [7, 11) is 0. The standard InChI is InChI=1S/C10H12N2O2/c11-12-10(13)8-4-3-7-2-1-5-14-9(7)6-8/h3-4,6H,1-2,5,11H2,(H,12,13). The van der Waals surface area contributed by atoms with E-state index in [0.717, 1.165) is 30.8 Å². The third kappa shape index (κ3) is 1.56. The minimum absolute atomic E-state index is 0.290. The molecule has 1 amide bonds. The van der Waals surface area contributed by atoms with Gasteiger partial charge in [0.1, 0.15) is 5.75 Å². The fourth-order valence-electron chi connectivity index (χ4n) is 1.56. The molecule has 2 rings (SSSR count). The van der Waals surface area contributed by atoms with Crippen molar-refractivity contribution in [3.05, 3.63) is 29.3 Å². The number of nitrogens with one attached hydrogen (secondary N) is 1. The Balaban J connectivity index is 2.33. The lowest BCUT2D eigenvalue weighted by Crippen LogP contribution is -2.30. The zero-order valence-electron chi connectivity index (χ0n) is 7.75. The van der Waals surface area contributed by atoms with E-state index in [4.69, 9.17) is 10.6 Å². The van der Waals surface area contributed by atoms with Crippen LogP contribution in [-0.2, 0) is 6.42 Å². The number of ether oxygens (including phenoxy) is 1. The highest BCUT2D eigenvalue weighted by Crippen LogP contribution is 2.25. The summed E-state index contributed by atoms with van der Waals surface area (Å²) in [5.74, 6) is 5.55. The van der Waals surface area contributed by atoms with E-state index >= 15 is 0 Å². The van der Waals surface area contributed by atoms with Crippen molar-refractivity contribution in [2.75, 3.05) is 6.61 Å². The SMILES string of the molecule is NNC(=O)c1ccc2c(c1)OCCC2. The average molecular weight is 192 g/mol. The van der Waals surface area contributed by atoms with Gasteiger partial charge in [-0.25, -0.2) is 5.84 Å². The van der Waals surface area contributed by atoms with E-state index in [2.05, 4.69) is 5.43 Å². The molecule has 1 aliphatic heterocycles. The van der Waals surface area contributed by atoms with Gasteiger partial charge in [-0.15, -0.1) is 0 Å². The summed E-state index contributed by atoms with van der Waals surface area (Å²) in [4.78, 5) is 11.2. The number of amides is 1. The van der Waals surface area contributed by atoms with Crippen molar-refractivity contribution in [3.63, 3.8) is 0 Å². The van der Waals surface area contributed by atoms with Crippen molar-refractivity contribution in [1.29, 1.82) is 0 Å². The predicted molar refractivity (Wildman–Crippen MR) is 51.9 cm³/mol. The van der Waals surface area contributed by atoms with E-state index in [-0.39, 0.29) is 5.91 Å². The third-order valence-corrected chi connectivity index (χ3v) is 2.31. The van der Waals surface area contributed by atoms with Crippen LogP contribution in [-0.4, -0.2) is 12.5 Å². The number of nitrogen functional groups attached to an aromatic ring is 1. The van der Waals surface area contributed by atoms with Crippen LogP contribution in [0.2, 0.25) is 0 Å². The van der Waals surface area contributed by atoms with Crippen molar-refractivity contribution in [1.82, 2.24) is 5.43 Å². The smallest absolute Gasteiger partial charge is 0.265 e. The second-order valence-corrected chi connectivity index (χ2v) is 3.25. The van der Waals surface area contributed by atoms with Gasteiger partial charge in [-0.1, -0.05) is 6.07 Å². The number of aryl methyl sites for hydroxylation is 1. The normalized spacial score (nSPS) is 14.1. The fraction of sp³-hybridized carbons (Fsp3) is 0.300. The summed E-state index contributed by atoms with van der Waals surface area (Å²) >= 11 is 0. The molecule has 0 spiro atoms. The summed E-state index contributed by atoms with van der Waals surface area (Å²) in [5, 5.41) is 0. The van der Waals surface area contributed by atoms with Gasteiger partial charge in [0.15, 0.2) is 0 Å². The van der Waals surface area contributed by atoms with Crippen LogP contribution in [0, 0.1) is 0 Å². The van der Waals surface area contributed by atoms with Crippen LogP contribution < -0.4 is 16.0 Å². The molecular formula is C10H12N2O2. The first-order valence-electron chi connectivity index (χ1n) is 4.58. The van der Waals surface area contributed by atoms with Crippen LogP contribution in [0.3, 0.4) is 0 Å². The van der Waals surface area contributed by atoms with Gasteiger partial charge >= 0.3 is 0 Å². The molecule has 74 valence electrons. The summed E-state index contributed by atoms with van der Waals surface area (Å²) in [6.45, 7) is 0.723. The Morgan fingerprint density at radius 1 is 1.50 bits per heavy atom. The van der Waals surface area contributed by atoms with Crippen LogP contribution >= 0.6 is 0 Å².